The van der Waals surface area contributed by atoms with E-state index in [0.29, 0.717) is 19.0 Å². The van der Waals surface area contributed by atoms with Crippen LogP contribution in [0.25, 0.3) is 0 Å². The number of aryl methyl sites for hydroxylation is 1. The maximum atomic E-state index is 11.4. The van der Waals surface area contributed by atoms with Crippen LogP contribution in [0.5, 0.6) is 0 Å². The first-order chi connectivity index (χ1) is 9.76. The number of nitrogens with one attached hydrogen (secondary N) is 2. The van der Waals surface area contributed by atoms with Gasteiger partial charge in [0, 0.05) is 12.2 Å². The molecule has 0 unspecified atom stereocenters. The first kappa shape index (κ1) is 16.8. The Kier molecular flexibility index (Phi) is 6.02. The predicted octanol–water partition coefficient (Wildman–Crippen LogP) is 2.25. The van der Waals surface area contributed by atoms with Crippen LogP contribution in [-0.2, 0) is 4.74 Å². The molecule has 1 rings (SSSR count). The lowest BCUT2D eigenvalue weighted by atomic mass is 10.2. The Morgan fingerprint density at radius 1 is 1.38 bits per heavy atom. The molecular weight excluding hydrogens is 268 g/mol. The van der Waals surface area contributed by atoms with Crippen LogP contribution in [0.2, 0.25) is 0 Å². The molecule has 0 aliphatic heterocycles. The fraction of sp³-hybridized carbons (Fsp3) is 0.467. The molecule has 0 aromatic heterocycles. The van der Waals surface area contributed by atoms with E-state index < -0.39 is 11.7 Å². The lowest BCUT2D eigenvalue weighted by molar-refractivity contribution is 0.0529. The molecule has 6 nitrogen and oxygen atoms in total. The minimum absolute atomic E-state index is 0.312. The third-order valence-electron chi connectivity index (χ3n) is 2.35. The van der Waals surface area contributed by atoms with Crippen LogP contribution in [0.3, 0.4) is 0 Å². The van der Waals surface area contributed by atoms with Gasteiger partial charge in [-0.05, 0) is 45.4 Å². The number of hydrogen-bond donors (Lipinski definition) is 3. The van der Waals surface area contributed by atoms with Crippen LogP contribution in [0.4, 0.5) is 10.5 Å². The number of anilines is 1. The van der Waals surface area contributed by atoms with Crippen molar-refractivity contribution in [3.8, 4) is 0 Å². The molecule has 116 valence electrons. The van der Waals surface area contributed by atoms with E-state index in [2.05, 4.69) is 15.6 Å². The Morgan fingerprint density at radius 2 is 2.10 bits per heavy atom. The van der Waals surface area contributed by atoms with Gasteiger partial charge < -0.3 is 21.1 Å². The van der Waals surface area contributed by atoms with Crippen molar-refractivity contribution in [1.82, 2.24) is 5.32 Å². The zero-order valence-corrected chi connectivity index (χ0v) is 13.1. The number of hydrogen-bond acceptors (Lipinski definition) is 3. The van der Waals surface area contributed by atoms with Crippen LogP contribution in [0.1, 0.15) is 26.3 Å². The fourth-order valence-electron chi connectivity index (χ4n) is 1.56. The molecule has 0 aliphatic rings. The Bertz CT molecular complexity index is 507. The fourth-order valence-corrected chi connectivity index (χ4v) is 1.56. The summed E-state index contributed by atoms with van der Waals surface area (Å²) in [6, 6.07) is 7.83. The van der Waals surface area contributed by atoms with E-state index in [1.807, 2.05) is 52.0 Å². The zero-order valence-electron chi connectivity index (χ0n) is 13.1. The number of alkyl carbamates (subject to hydrolysis) is 1. The summed E-state index contributed by atoms with van der Waals surface area (Å²) in [7, 11) is 0. The summed E-state index contributed by atoms with van der Waals surface area (Å²) in [6.45, 7) is 8.19. The van der Waals surface area contributed by atoms with Crippen molar-refractivity contribution in [2.24, 2.45) is 10.7 Å². The van der Waals surface area contributed by atoms with Gasteiger partial charge in [0.25, 0.3) is 0 Å². The third-order valence-corrected chi connectivity index (χ3v) is 2.35. The van der Waals surface area contributed by atoms with E-state index in [9.17, 15) is 4.79 Å². The second-order valence-corrected chi connectivity index (χ2v) is 5.69. The van der Waals surface area contributed by atoms with E-state index in [0.717, 1.165) is 11.3 Å². The second kappa shape index (κ2) is 7.52. The highest BCUT2D eigenvalue weighted by Crippen LogP contribution is 2.08. The number of nitrogens with zero attached hydrogens (tertiary/aromatic N) is 1. The summed E-state index contributed by atoms with van der Waals surface area (Å²) in [5.74, 6) is 0.312. The van der Waals surface area contributed by atoms with Gasteiger partial charge in [0.2, 0.25) is 0 Å². The second-order valence-electron chi connectivity index (χ2n) is 5.69. The number of carbonyl (C=O) groups excluding carboxylic acids is 1. The van der Waals surface area contributed by atoms with Gasteiger partial charge in [-0.25, -0.2) is 4.79 Å². The van der Waals surface area contributed by atoms with Crippen molar-refractivity contribution < 1.29 is 9.53 Å². The molecule has 0 bridgehead atoms. The number of ether oxygens (including phenoxy) is 1. The summed E-state index contributed by atoms with van der Waals surface area (Å²) in [5.41, 5.74) is 7.29. The number of nitrogens with two attached hydrogens (primary N) is 1. The molecule has 0 atom stereocenters. The number of guanidine groups is 1. The molecule has 1 aromatic carbocycles. The summed E-state index contributed by atoms with van der Waals surface area (Å²) >= 11 is 0. The summed E-state index contributed by atoms with van der Waals surface area (Å²) in [5, 5.41) is 5.61. The van der Waals surface area contributed by atoms with Crippen molar-refractivity contribution >= 4 is 17.7 Å². The molecule has 1 amide bonds. The smallest absolute Gasteiger partial charge is 0.407 e. The lowest BCUT2D eigenvalue weighted by Gasteiger charge is -2.19. The molecule has 0 heterocycles. The number of carbonyl (C=O) groups is 1. The van der Waals surface area contributed by atoms with Crippen LogP contribution in [-0.4, -0.2) is 30.7 Å². The van der Waals surface area contributed by atoms with Crippen molar-refractivity contribution in [2.75, 3.05) is 18.4 Å². The Balaban J connectivity index is 2.31. The van der Waals surface area contributed by atoms with E-state index in [-0.39, 0.29) is 0 Å². The Labute approximate surface area is 125 Å². The summed E-state index contributed by atoms with van der Waals surface area (Å²) < 4.78 is 5.11. The van der Waals surface area contributed by atoms with E-state index in [4.69, 9.17) is 10.5 Å². The van der Waals surface area contributed by atoms with Crippen LogP contribution in [0, 0.1) is 6.92 Å². The molecule has 21 heavy (non-hydrogen) atoms. The molecular formula is C15H24N4O2. The molecule has 0 saturated carbocycles. The Hall–Kier alpha value is -2.24. The maximum absolute atomic E-state index is 11.4. The van der Waals surface area contributed by atoms with Gasteiger partial charge in [-0.3, -0.25) is 4.99 Å². The van der Waals surface area contributed by atoms with Gasteiger partial charge in [0.15, 0.2) is 5.96 Å². The van der Waals surface area contributed by atoms with Gasteiger partial charge in [-0.15, -0.1) is 0 Å². The Morgan fingerprint density at radius 3 is 2.71 bits per heavy atom. The summed E-state index contributed by atoms with van der Waals surface area (Å²) in [4.78, 5) is 15.5. The van der Waals surface area contributed by atoms with Gasteiger partial charge in [-0.1, -0.05) is 12.1 Å². The molecule has 0 spiro atoms. The van der Waals surface area contributed by atoms with Crippen molar-refractivity contribution in [1.29, 1.82) is 0 Å². The highest BCUT2D eigenvalue weighted by molar-refractivity contribution is 5.92. The largest absolute Gasteiger partial charge is 0.444 e. The molecule has 1 aromatic rings. The average Bonchev–Trinajstić information content (AvgIpc) is 2.32. The standard InChI is InChI=1S/C15H24N4O2/c1-11-6-5-7-12(10-11)19-13(16)17-8-9-18-14(20)21-15(2,3)4/h5-7,10H,8-9H2,1-4H3,(H,18,20)(H3,16,17,19). The van der Waals surface area contributed by atoms with Crippen molar-refractivity contribution in [3.05, 3.63) is 29.8 Å². The highest BCUT2D eigenvalue weighted by atomic mass is 16.6. The van der Waals surface area contributed by atoms with Crippen LogP contribution >= 0.6 is 0 Å². The highest BCUT2D eigenvalue weighted by Gasteiger charge is 2.15. The third kappa shape index (κ3) is 7.81. The van der Waals surface area contributed by atoms with Gasteiger partial charge >= 0.3 is 6.09 Å². The molecule has 0 fully saturated rings. The average molecular weight is 292 g/mol. The first-order valence-corrected chi connectivity index (χ1v) is 6.87. The van der Waals surface area contributed by atoms with Crippen molar-refractivity contribution in [2.45, 2.75) is 33.3 Å². The molecule has 0 saturated heterocycles. The van der Waals surface area contributed by atoms with E-state index >= 15 is 0 Å². The van der Waals surface area contributed by atoms with E-state index in [1.165, 1.54) is 0 Å². The van der Waals surface area contributed by atoms with Gasteiger partial charge in [-0.2, -0.15) is 0 Å². The van der Waals surface area contributed by atoms with E-state index in [1.54, 1.807) is 0 Å². The number of benzene rings is 1. The van der Waals surface area contributed by atoms with Gasteiger partial charge in [0.05, 0.1) is 6.54 Å². The lowest BCUT2D eigenvalue weighted by Crippen LogP contribution is -2.34. The minimum Gasteiger partial charge on any atom is -0.444 e. The normalized spacial score (nSPS) is 11.9. The molecule has 0 radical (unpaired) electrons. The van der Waals surface area contributed by atoms with Crippen LogP contribution < -0.4 is 16.4 Å². The number of rotatable bonds is 4. The minimum atomic E-state index is -0.501. The first-order valence-electron chi connectivity index (χ1n) is 6.87. The SMILES string of the molecule is Cc1cccc(NC(N)=NCCNC(=O)OC(C)(C)C)c1. The summed E-state index contributed by atoms with van der Waals surface area (Å²) in [6.07, 6.45) is -0.456. The predicted molar refractivity (Wildman–Crippen MR) is 85.5 cm³/mol. The molecule has 6 heteroatoms. The molecule has 0 aliphatic carbocycles. The molecule has 4 N–H and O–H groups in total. The maximum Gasteiger partial charge on any atom is 0.407 e. The monoisotopic (exact) mass is 292 g/mol. The number of aliphatic imine (C=N–C) groups is 1. The quantitative estimate of drug-likeness (QED) is 0.451. The number of amides is 1. The van der Waals surface area contributed by atoms with Crippen LogP contribution in [0.15, 0.2) is 29.3 Å². The van der Waals surface area contributed by atoms with Gasteiger partial charge in [0.1, 0.15) is 5.60 Å². The topological polar surface area (TPSA) is 88.7 Å². The zero-order chi connectivity index (χ0) is 15.9. The van der Waals surface area contributed by atoms with Crippen molar-refractivity contribution in [3.63, 3.8) is 0 Å².